The molecule has 1 aromatic heterocycles. The fourth-order valence-corrected chi connectivity index (χ4v) is 3.15. The Kier molecular flexibility index (Phi) is 2.06. The smallest absolute Gasteiger partial charge is 0.304 e. The van der Waals surface area contributed by atoms with Gasteiger partial charge in [-0.1, -0.05) is 6.42 Å². The number of hydrogen-bond donors (Lipinski definition) is 2. The van der Waals surface area contributed by atoms with Crippen LogP contribution in [0.2, 0.25) is 0 Å². The van der Waals surface area contributed by atoms with E-state index in [2.05, 4.69) is 10.2 Å². The van der Waals surface area contributed by atoms with Gasteiger partial charge in [-0.2, -0.15) is 5.10 Å². The number of rotatable bonds is 3. The topological polar surface area (TPSA) is 66.0 Å². The number of aliphatic carboxylic acids is 1. The Morgan fingerprint density at radius 2 is 2.19 bits per heavy atom. The van der Waals surface area contributed by atoms with Crippen LogP contribution in [0.3, 0.4) is 0 Å². The summed E-state index contributed by atoms with van der Waals surface area (Å²) >= 11 is 0. The second-order valence-corrected chi connectivity index (χ2v) is 5.09. The van der Waals surface area contributed by atoms with E-state index in [1.54, 1.807) is 0 Å². The molecule has 86 valence electrons. The van der Waals surface area contributed by atoms with Crippen molar-refractivity contribution in [3.63, 3.8) is 0 Å². The molecule has 1 fully saturated rings. The highest BCUT2D eigenvalue weighted by Crippen LogP contribution is 2.48. The van der Waals surface area contributed by atoms with Crippen molar-refractivity contribution in [1.29, 1.82) is 0 Å². The quantitative estimate of drug-likeness (QED) is 0.816. The van der Waals surface area contributed by atoms with Gasteiger partial charge in [0, 0.05) is 11.1 Å². The average Bonchev–Trinajstić information content (AvgIpc) is 2.71. The van der Waals surface area contributed by atoms with Crippen LogP contribution >= 0.6 is 0 Å². The maximum Gasteiger partial charge on any atom is 0.304 e. The lowest BCUT2D eigenvalue weighted by Crippen LogP contribution is -2.37. The first-order chi connectivity index (χ1) is 7.71. The third kappa shape index (κ3) is 1.29. The number of fused-ring (bicyclic) bond motifs is 1. The molecule has 0 saturated heterocycles. The fraction of sp³-hybridized carbons (Fsp3) is 0.667. The van der Waals surface area contributed by atoms with E-state index in [-0.39, 0.29) is 11.8 Å². The largest absolute Gasteiger partial charge is 0.481 e. The zero-order valence-corrected chi connectivity index (χ0v) is 9.25. The number of carboxylic acids is 1. The minimum Gasteiger partial charge on any atom is -0.481 e. The van der Waals surface area contributed by atoms with Crippen LogP contribution in [0.1, 0.15) is 49.1 Å². The first-order valence-corrected chi connectivity index (χ1v) is 6.00. The minimum atomic E-state index is -0.700. The Hall–Kier alpha value is -1.32. The second-order valence-electron chi connectivity index (χ2n) is 5.09. The van der Waals surface area contributed by atoms with Crippen LogP contribution in [0.15, 0.2) is 0 Å². The summed E-state index contributed by atoms with van der Waals surface area (Å²) in [6.07, 6.45) is 6.67. The van der Waals surface area contributed by atoms with E-state index in [9.17, 15) is 4.79 Å². The van der Waals surface area contributed by atoms with Gasteiger partial charge in [-0.05, 0) is 37.7 Å². The van der Waals surface area contributed by atoms with Crippen molar-refractivity contribution in [3.8, 4) is 0 Å². The van der Waals surface area contributed by atoms with E-state index in [1.165, 1.54) is 17.7 Å². The summed E-state index contributed by atoms with van der Waals surface area (Å²) in [7, 11) is 0. The van der Waals surface area contributed by atoms with Gasteiger partial charge < -0.3 is 5.11 Å². The first-order valence-electron chi connectivity index (χ1n) is 6.00. The number of nitrogens with zero attached hydrogens (tertiary/aromatic N) is 1. The Balaban J connectivity index is 1.97. The average molecular weight is 220 g/mol. The molecule has 0 unspecified atom stereocenters. The summed E-state index contributed by atoms with van der Waals surface area (Å²) in [6.45, 7) is 0. The summed E-state index contributed by atoms with van der Waals surface area (Å²) in [5, 5.41) is 16.5. The molecule has 0 aromatic carbocycles. The van der Waals surface area contributed by atoms with Gasteiger partial charge in [0.1, 0.15) is 0 Å². The van der Waals surface area contributed by atoms with E-state index < -0.39 is 5.97 Å². The predicted octanol–water partition coefficient (Wildman–Crippen LogP) is 1.79. The van der Waals surface area contributed by atoms with E-state index in [4.69, 9.17) is 5.11 Å². The maximum absolute atomic E-state index is 11.0. The van der Waals surface area contributed by atoms with E-state index in [0.717, 1.165) is 37.8 Å². The van der Waals surface area contributed by atoms with Gasteiger partial charge in [0.25, 0.3) is 0 Å². The van der Waals surface area contributed by atoms with Crippen LogP contribution in [0.5, 0.6) is 0 Å². The zero-order chi connectivity index (χ0) is 11.2. The molecule has 4 heteroatoms. The van der Waals surface area contributed by atoms with E-state index >= 15 is 0 Å². The number of nitrogens with one attached hydrogen (secondary N) is 1. The van der Waals surface area contributed by atoms with Crippen LogP contribution in [-0.2, 0) is 23.1 Å². The molecule has 3 rings (SSSR count). The molecule has 2 aliphatic carbocycles. The van der Waals surface area contributed by atoms with Crippen LogP contribution in [0.25, 0.3) is 0 Å². The van der Waals surface area contributed by atoms with Crippen LogP contribution in [-0.4, -0.2) is 21.3 Å². The monoisotopic (exact) mass is 220 g/mol. The standard InChI is InChI=1S/C12H16N2O2/c15-10(16)7-12(5-2-6-12)11-8-3-1-4-9(8)13-14-11/h1-7H2,(H,13,14)(H,15,16). The molecule has 0 radical (unpaired) electrons. The lowest BCUT2D eigenvalue weighted by molar-refractivity contribution is -0.139. The van der Waals surface area contributed by atoms with Crippen molar-refractivity contribution in [2.24, 2.45) is 0 Å². The number of aromatic nitrogens is 2. The number of H-pyrrole nitrogens is 1. The van der Waals surface area contributed by atoms with Crippen molar-refractivity contribution < 1.29 is 9.90 Å². The lowest BCUT2D eigenvalue weighted by Gasteiger charge is -2.40. The van der Waals surface area contributed by atoms with Gasteiger partial charge in [-0.3, -0.25) is 9.89 Å². The molecule has 2 N–H and O–H groups in total. The Labute approximate surface area is 94.1 Å². The fourth-order valence-electron chi connectivity index (χ4n) is 3.15. The summed E-state index contributed by atoms with van der Waals surface area (Å²) < 4.78 is 0. The summed E-state index contributed by atoms with van der Waals surface area (Å²) in [6, 6.07) is 0. The predicted molar refractivity (Wildman–Crippen MR) is 58.4 cm³/mol. The normalized spacial score (nSPS) is 21.5. The number of aryl methyl sites for hydroxylation is 1. The van der Waals surface area contributed by atoms with Crippen molar-refractivity contribution in [2.45, 2.75) is 50.4 Å². The number of carboxylic acid groups (broad SMARTS) is 1. The van der Waals surface area contributed by atoms with Crippen LogP contribution in [0.4, 0.5) is 0 Å². The molecule has 4 nitrogen and oxygen atoms in total. The highest BCUT2D eigenvalue weighted by molar-refractivity contribution is 5.69. The Morgan fingerprint density at radius 1 is 1.38 bits per heavy atom. The molecule has 0 spiro atoms. The summed E-state index contributed by atoms with van der Waals surface area (Å²) in [5.74, 6) is -0.700. The molecular weight excluding hydrogens is 204 g/mol. The zero-order valence-electron chi connectivity index (χ0n) is 9.25. The first kappa shape index (κ1) is 9.87. The third-order valence-electron chi connectivity index (χ3n) is 4.11. The van der Waals surface area contributed by atoms with Gasteiger partial charge in [-0.25, -0.2) is 0 Å². The van der Waals surface area contributed by atoms with Crippen molar-refractivity contribution in [1.82, 2.24) is 10.2 Å². The number of aromatic amines is 1. The molecule has 1 heterocycles. The molecule has 0 aliphatic heterocycles. The molecular formula is C12H16N2O2. The summed E-state index contributed by atoms with van der Waals surface area (Å²) in [5.41, 5.74) is 3.47. The second kappa shape index (κ2) is 3.34. The van der Waals surface area contributed by atoms with Gasteiger partial charge in [0.2, 0.25) is 0 Å². The highest BCUT2D eigenvalue weighted by Gasteiger charge is 2.44. The van der Waals surface area contributed by atoms with Gasteiger partial charge in [0.15, 0.2) is 0 Å². The minimum absolute atomic E-state index is 0.153. The molecule has 0 atom stereocenters. The maximum atomic E-state index is 11.0. The molecule has 1 saturated carbocycles. The Bertz CT molecular complexity index is 432. The SMILES string of the molecule is O=C(O)CC1(c2n[nH]c3c2CCC3)CCC1. The van der Waals surface area contributed by atoms with E-state index in [0.29, 0.717) is 0 Å². The van der Waals surface area contributed by atoms with Crippen LogP contribution in [0, 0.1) is 0 Å². The van der Waals surface area contributed by atoms with E-state index in [1.807, 2.05) is 0 Å². The van der Waals surface area contributed by atoms with Crippen molar-refractivity contribution in [3.05, 3.63) is 17.0 Å². The molecule has 16 heavy (non-hydrogen) atoms. The van der Waals surface area contributed by atoms with Crippen molar-refractivity contribution in [2.75, 3.05) is 0 Å². The molecule has 2 aliphatic rings. The molecule has 0 amide bonds. The highest BCUT2D eigenvalue weighted by atomic mass is 16.4. The Morgan fingerprint density at radius 3 is 2.81 bits per heavy atom. The van der Waals surface area contributed by atoms with Gasteiger partial charge >= 0.3 is 5.97 Å². The third-order valence-corrected chi connectivity index (χ3v) is 4.11. The molecule has 0 bridgehead atoms. The number of hydrogen-bond acceptors (Lipinski definition) is 2. The molecule has 1 aromatic rings. The van der Waals surface area contributed by atoms with Crippen LogP contribution < -0.4 is 0 Å². The number of carbonyl (C=O) groups is 1. The lowest BCUT2D eigenvalue weighted by atomic mass is 9.63. The van der Waals surface area contributed by atoms with Gasteiger partial charge in [-0.15, -0.1) is 0 Å². The summed E-state index contributed by atoms with van der Waals surface area (Å²) in [4.78, 5) is 11.0. The van der Waals surface area contributed by atoms with Gasteiger partial charge in [0.05, 0.1) is 12.1 Å². The van der Waals surface area contributed by atoms with Crippen molar-refractivity contribution >= 4 is 5.97 Å².